The van der Waals surface area contributed by atoms with Crippen molar-refractivity contribution in [1.82, 2.24) is 10.3 Å². The number of rotatable bonds is 2. The zero-order valence-electron chi connectivity index (χ0n) is 17.5. The number of hydrogen-bond donors (Lipinski definition) is 3. The Morgan fingerprint density at radius 3 is 2.74 bits per heavy atom. The molecule has 1 aromatic carbocycles. The zero-order valence-corrected chi connectivity index (χ0v) is 17.5. The number of H-pyrrole nitrogens is 1. The molecular formula is C23H28N2O6. The molecule has 1 saturated carbocycles. The Labute approximate surface area is 180 Å². The molecule has 0 amide bonds. The maximum absolute atomic E-state index is 12.4. The number of aromatic amines is 1. The lowest BCUT2D eigenvalue weighted by Gasteiger charge is -2.37. The molecule has 0 radical (unpaired) electrons. The molecule has 2 aromatic rings. The first kappa shape index (κ1) is 19.7. The molecule has 3 fully saturated rings. The predicted octanol–water partition coefficient (Wildman–Crippen LogP) is 2.06. The van der Waals surface area contributed by atoms with Crippen LogP contribution in [0.4, 0.5) is 0 Å². The smallest absolute Gasteiger partial charge is 0.323 e. The monoisotopic (exact) mass is 428 g/mol. The minimum Gasteiger partial charge on any atom is -0.468 e. The van der Waals surface area contributed by atoms with E-state index in [1.807, 2.05) is 24.3 Å². The lowest BCUT2D eigenvalue weighted by molar-refractivity contribution is -0.248. The summed E-state index contributed by atoms with van der Waals surface area (Å²) >= 11 is 0. The van der Waals surface area contributed by atoms with Gasteiger partial charge in [-0.2, -0.15) is 0 Å². The molecule has 3 N–H and O–H groups in total. The van der Waals surface area contributed by atoms with Crippen LogP contribution in [0.2, 0.25) is 0 Å². The number of ether oxygens (including phenoxy) is 4. The van der Waals surface area contributed by atoms with Crippen molar-refractivity contribution in [1.29, 1.82) is 0 Å². The van der Waals surface area contributed by atoms with Crippen molar-refractivity contribution >= 4 is 16.9 Å². The number of aliphatic hydroxyl groups is 1. The van der Waals surface area contributed by atoms with E-state index < -0.39 is 42.5 Å². The normalized spacial score (nSPS) is 36.5. The summed E-state index contributed by atoms with van der Waals surface area (Å²) in [6, 6.07) is 7.07. The van der Waals surface area contributed by atoms with Gasteiger partial charge in [-0.05, 0) is 24.5 Å². The lowest BCUT2D eigenvalue weighted by atomic mass is 9.89. The lowest BCUT2D eigenvalue weighted by Crippen LogP contribution is -2.52. The maximum atomic E-state index is 12.4. The summed E-state index contributed by atoms with van der Waals surface area (Å²) < 4.78 is 23.7. The highest BCUT2D eigenvalue weighted by atomic mass is 16.8. The minimum absolute atomic E-state index is 0.331. The fourth-order valence-electron chi connectivity index (χ4n) is 5.79. The number of hydrogen-bond acceptors (Lipinski definition) is 7. The van der Waals surface area contributed by atoms with Gasteiger partial charge in [-0.1, -0.05) is 24.6 Å². The van der Waals surface area contributed by atoms with E-state index in [0.717, 1.165) is 47.8 Å². The van der Waals surface area contributed by atoms with E-state index in [-0.39, 0.29) is 5.97 Å². The quantitative estimate of drug-likeness (QED) is 0.630. The Kier molecular flexibility index (Phi) is 4.63. The maximum Gasteiger partial charge on any atom is 0.323 e. The minimum atomic E-state index is -0.875. The van der Waals surface area contributed by atoms with E-state index in [1.54, 1.807) is 0 Å². The largest absolute Gasteiger partial charge is 0.468 e. The molecule has 4 heterocycles. The highest BCUT2D eigenvalue weighted by molar-refractivity contribution is 5.87. The molecule has 6 rings (SSSR count). The molecule has 166 valence electrons. The number of carbonyl (C=O) groups is 1. The van der Waals surface area contributed by atoms with Gasteiger partial charge in [0, 0.05) is 35.9 Å². The topological polar surface area (TPSA) is 102 Å². The molecule has 6 atom stereocenters. The molecule has 2 saturated heterocycles. The summed E-state index contributed by atoms with van der Waals surface area (Å²) in [5.74, 6) is -0.956. The van der Waals surface area contributed by atoms with Gasteiger partial charge in [-0.3, -0.25) is 10.1 Å². The molecule has 31 heavy (non-hydrogen) atoms. The molecule has 4 aliphatic rings. The van der Waals surface area contributed by atoms with Crippen molar-refractivity contribution in [3.63, 3.8) is 0 Å². The Morgan fingerprint density at radius 2 is 1.97 bits per heavy atom. The third-order valence-corrected chi connectivity index (χ3v) is 7.29. The van der Waals surface area contributed by atoms with Crippen LogP contribution in [0.25, 0.3) is 10.9 Å². The van der Waals surface area contributed by atoms with Crippen LogP contribution in [0.5, 0.6) is 0 Å². The number of esters is 1. The average Bonchev–Trinajstić information content (AvgIpc) is 3.43. The van der Waals surface area contributed by atoms with Gasteiger partial charge in [-0.15, -0.1) is 0 Å². The first-order valence-electron chi connectivity index (χ1n) is 11.2. The second kappa shape index (κ2) is 7.28. The van der Waals surface area contributed by atoms with Crippen molar-refractivity contribution < 1.29 is 28.8 Å². The van der Waals surface area contributed by atoms with E-state index in [4.69, 9.17) is 18.9 Å². The summed E-state index contributed by atoms with van der Waals surface area (Å²) in [7, 11) is 1.39. The molecule has 1 aliphatic carbocycles. The van der Waals surface area contributed by atoms with E-state index in [9.17, 15) is 9.90 Å². The predicted molar refractivity (Wildman–Crippen MR) is 110 cm³/mol. The van der Waals surface area contributed by atoms with Crippen LogP contribution in [0, 0.1) is 0 Å². The number of fused-ring (bicyclic) bond motifs is 4. The molecular weight excluding hydrogens is 400 g/mol. The van der Waals surface area contributed by atoms with E-state index in [0.29, 0.717) is 6.42 Å². The second-order valence-corrected chi connectivity index (χ2v) is 9.12. The van der Waals surface area contributed by atoms with Gasteiger partial charge in [0.2, 0.25) is 0 Å². The highest BCUT2D eigenvalue weighted by Gasteiger charge is 2.59. The molecule has 1 spiro atoms. The van der Waals surface area contributed by atoms with Gasteiger partial charge < -0.3 is 29.0 Å². The van der Waals surface area contributed by atoms with E-state index in [2.05, 4.69) is 10.3 Å². The van der Waals surface area contributed by atoms with Crippen molar-refractivity contribution in [2.45, 2.75) is 81.0 Å². The van der Waals surface area contributed by atoms with Gasteiger partial charge in [0.05, 0.1) is 13.2 Å². The first-order valence-corrected chi connectivity index (χ1v) is 11.2. The molecule has 0 bridgehead atoms. The van der Waals surface area contributed by atoms with Gasteiger partial charge >= 0.3 is 5.97 Å². The zero-order chi connectivity index (χ0) is 21.2. The fraction of sp³-hybridized carbons (Fsp3) is 0.609. The van der Waals surface area contributed by atoms with Crippen molar-refractivity contribution in [2.24, 2.45) is 0 Å². The first-order chi connectivity index (χ1) is 15.1. The number of aromatic nitrogens is 1. The number of aliphatic hydroxyl groups excluding tert-OH is 1. The van der Waals surface area contributed by atoms with Crippen LogP contribution in [0.3, 0.4) is 0 Å². The van der Waals surface area contributed by atoms with Crippen LogP contribution in [-0.4, -0.2) is 59.6 Å². The summed E-state index contributed by atoms with van der Waals surface area (Å²) in [5, 5.41) is 15.6. The standard InChI is InChI=1S/C23H28N2O6/c1-28-21(27)15-11-13-12-7-3-4-8-14(12)24-16(13)17(25-15)19-18(26)20-22(29-19)31-23(30-20)9-5-2-6-10-23/h3-4,7-8,15,17-20,22,24-26H,2,5-6,9-11H2,1H3/t15-,17+,18+,19-,20-,22-/m1/s1. The van der Waals surface area contributed by atoms with Gasteiger partial charge in [0.1, 0.15) is 24.4 Å². The number of benzene rings is 1. The highest BCUT2D eigenvalue weighted by Crippen LogP contribution is 2.47. The average molecular weight is 428 g/mol. The third-order valence-electron chi connectivity index (χ3n) is 7.29. The van der Waals surface area contributed by atoms with Crippen LogP contribution in [0.15, 0.2) is 24.3 Å². The number of para-hydroxylation sites is 1. The summed E-state index contributed by atoms with van der Waals surface area (Å²) in [5.41, 5.74) is 2.97. The molecule has 8 nitrogen and oxygen atoms in total. The number of nitrogens with one attached hydrogen (secondary N) is 2. The molecule has 3 aliphatic heterocycles. The summed E-state index contributed by atoms with van der Waals surface area (Å²) in [6.07, 6.45) is 2.84. The molecule has 8 heteroatoms. The third kappa shape index (κ3) is 3.04. The van der Waals surface area contributed by atoms with Gasteiger partial charge in [-0.25, -0.2) is 0 Å². The number of carbonyl (C=O) groups excluding carboxylic acids is 1. The fourth-order valence-corrected chi connectivity index (χ4v) is 5.79. The number of methoxy groups -OCH3 is 1. The Bertz CT molecular complexity index is 999. The van der Waals surface area contributed by atoms with Crippen LogP contribution >= 0.6 is 0 Å². The Morgan fingerprint density at radius 1 is 1.16 bits per heavy atom. The molecule has 1 aromatic heterocycles. The van der Waals surface area contributed by atoms with Crippen molar-refractivity contribution in [3.05, 3.63) is 35.5 Å². The van der Waals surface area contributed by atoms with Gasteiger partial charge in [0.15, 0.2) is 12.1 Å². The van der Waals surface area contributed by atoms with Crippen LogP contribution in [0.1, 0.15) is 49.4 Å². The van der Waals surface area contributed by atoms with Gasteiger partial charge in [0.25, 0.3) is 0 Å². The van der Waals surface area contributed by atoms with Crippen molar-refractivity contribution in [3.8, 4) is 0 Å². The Balaban J connectivity index is 1.32. The van der Waals surface area contributed by atoms with E-state index >= 15 is 0 Å². The van der Waals surface area contributed by atoms with E-state index in [1.165, 1.54) is 13.5 Å². The molecule has 0 unspecified atom stereocenters. The van der Waals surface area contributed by atoms with Crippen LogP contribution < -0.4 is 5.32 Å². The van der Waals surface area contributed by atoms with Crippen molar-refractivity contribution in [2.75, 3.05) is 7.11 Å². The summed E-state index contributed by atoms with van der Waals surface area (Å²) in [4.78, 5) is 15.9. The van der Waals surface area contributed by atoms with Crippen LogP contribution in [-0.2, 0) is 30.2 Å². The SMILES string of the molecule is COC(=O)[C@H]1Cc2c([nH]c3ccccc23)[C@@H]([C@H]2O[C@@H]3OC4(CCCCC4)O[C@@H]3[C@H]2O)N1. The summed E-state index contributed by atoms with van der Waals surface area (Å²) in [6.45, 7) is 0. The second-order valence-electron chi connectivity index (χ2n) is 9.12. The Hall–Kier alpha value is -1.97.